The monoisotopic (exact) mass is 229 g/mol. The first-order valence-corrected chi connectivity index (χ1v) is 6.59. The van der Waals surface area contributed by atoms with Crippen molar-refractivity contribution in [3.05, 3.63) is 0 Å². The van der Waals surface area contributed by atoms with Crippen LogP contribution in [0.2, 0.25) is 0 Å². The molecule has 0 aromatic rings. The zero-order valence-corrected chi connectivity index (χ0v) is 10.3. The van der Waals surface area contributed by atoms with Gasteiger partial charge in [0.05, 0.1) is 0 Å². The van der Waals surface area contributed by atoms with Gasteiger partial charge in [-0.1, -0.05) is 6.92 Å². The molecule has 2 aliphatic rings. The number of hydrogen-bond donors (Lipinski definition) is 1. The van der Waals surface area contributed by atoms with Crippen molar-refractivity contribution in [1.82, 2.24) is 15.1 Å². The number of nitrogens with zero attached hydrogens (tertiary/aromatic N) is 2. The van der Waals surface area contributed by atoms with Crippen molar-refractivity contribution in [3.63, 3.8) is 0 Å². The Morgan fingerprint density at radius 1 is 1.19 bits per heavy atom. The number of hydrogen-bond acceptors (Lipinski definition) is 3. The first-order chi connectivity index (χ1) is 7.79. The number of halogens is 1. The highest BCUT2D eigenvalue weighted by Gasteiger charge is 2.29. The van der Waals surface area contributed by atoms with Crippen LogP contribution in [0.5, 0.6) is 0 Å². The van der Waals surface area contributed by atoms with Crippen molar-refractivity contribution in [3.8, 4) is 0 Å². The molecular weight excluding hydrogens is 205 g/mol. The van der Waals surface area contributed by atoms with Crippen LogP contribution in [0.25, 0.3) is 0 Å². The molecule has 3 nitrogen and oxygen atoms in total. The molecule has 0 aromatic heterocycles. The summed E-state index contributed by atoms with van der Waals surface area (Å²) in [5, 5.41) is 3.34. The Morgan fingerprint density at radius 3 is 2.56 bits per heavy atom. The largest absolute Gasteiger partial charge is 0.314 e. The average molecular weight is 229 g/mol. The Bertz CT molecular complexity index is 206. The Morgan fingerprint density at radius 2 is 1.94 bits per heavy atom. The summed E-state index contributed by atoms with van der Waals surface area (Å²) in [5.41, 5.74) is 0. The van der Waals surface area contributed by atoms with Gasteiger partial charge >= 0.3 is 0 Å². The quantitative estimate of drug-likeness (QED) is 0.763. The van der Waals surface area contributed by atoms with Crippen LogP contribution < -0.4 is 5.32 Å². The fourth-order valence-electron chi connectivity index (χ4n) is 2.73. The second kappa shape index (κ2) is 5.94. The van der Waals surface area contributed by atoms with Crippen molar-refractivity contribution in [2.45, 2.75) is 19.5 Å². The molecule has 0 radical (unpaired) electrons. The molecule has 0 spiro atoms. The normalized spacial score (nSPS) is 34.1. The van der Waals surface area contributed by atoms with Crippen molar-refractivity contribution in [1.29, 1.82) is 0 Å². The fraction of sp³-hybridized carbons (Fsp3) is 1.00. The standard InChI is InChI=1S/C12H24FN3/c1-2-15-6-3-11(12(13)10-15)9-16-7-4-14-5-8-16/h11-12,14H,2-10H2,1H3/t11-,12-/m0/s1. The summed E-state index contributed by atoms with van der Waals surface area (Å²) in [6.07, 6.45) is 0.405. The van der Waals surface area contributed by atoms with Crippen molar-refractivity contribution < 1.29 is 4.39 Å². The third-order valence-electron chi connectivity index (χ3n) is 3.91. The highest BCUT2D eigenvalue weighted by molar-refractivity contribution is 4.83. The number of piperidine rings is 1. The van der Waals surface area contributed by atoms with Gasteiger partial charge in [-0.05, 0) is 19.5 Å². The predicted octanol–water partition coefficient (Wildman–Crippen LogP) is 0.572. The molecule has 0 aliphatic carbocycles. The third-order valence-corrected chi connectivity index (χ3v) is 3.91. The molecule has 94 valence electrons. The molecule has 16 heavy (non-hydrogen) atoms. The Balaban J connectivity index is 1.76. The van der Waals surface area contributed by atoms with Crippen molar-refractivity contribution >= 4 is 0 Å². The molecule has 2 heterocycles. The van der Waals surface area contributed by atoms with Gasteiger partial charge in [0.15, 0.2) is 0 Å². The number of likely N-dealkylation sites (tertiary alicyclic amines) is 1. The summed E-state index contributed by atoms with van der Waals surface area (Å²) in [6.45, 7) is 10.1. The second-order valence-corrected chi connectivity index (χ2v) is 5.01. The number of rotatable bonds is 3. The average Bonchev–Trinajstić information content (AvgIpc) is 2.33. The Hall–Kier alpha value is -0.190. The minimum absolute atomic E-state index is 0.265. The van der Waals surface area contributed by atoms with Gasteiger partial charge in [-0.2, -0.15) is 0 Å². The van der Waals surface area contributed by atoms with E-state index in [2.05, 4.69) is 22.0 Å². The molecule has 2 atom stereocenters. The van der Waals surface area contributed by atoms with E-state index in [0.29, 0.717) is 6.54 Å². The summed E-state index contributed by atoms with van der Waals surface area (Å²) in [5.74, 6) is 0.265. The van der Waals surface area contributed by atoms with E-state index in [0.717, 1.165) is 52.2 Å². The van der Waals surface area contributed by atoms with E-state index in [9.17, 15) is 4.39 Å². The maximum absolute atomic E-state index is 14.0. The van der Waals surface area contributed by atoms with Crippen LogP contribution in [0.15, 0.2) is 0 Å². The maximum atomic E-state index is 14.0. The van der Waals surface area contributed by atoms with Crippen LogP contribution in [0.3, 0.4) is 0 Å². The number of alkyl halides is 1. The van der Waals surface area contributed by atoms with Crippen LogP contribution in [0.1, 0.15) is 13.3 Å². The van der Waals surface area contributed by atoms with Crippen LogP contribution in [0.4, 0.5) is 4.39 Å². The van der Waals surface area contributed by atoms with Gasteiger partial charge in [0.25, 0.3) is 0 Å². The van der Waals surface area contributed by atoms with Gasteiger partial charge in [-0.15, -0.1) is 0 Å². The smallest absolute Gasteiger partial charge is 0.117 e. The van der Waals surface area contributed by atoms with Crippen molar-refractivity contribution in [2.75, 3.05) is 52.4 Å². The predicted molar refractivity (Wildman–Crippen MR) is 64.4 cm³/mol. The topological polar surface area (TPSA) is 18.5 Å². The summed E-state index contributed by atoms with van der Waals surface area (Å²) < 4.78 is 14.0. The van der Waals surface area contributed by atoms with Gasteiger partial charge in [0.2, 0.25) is 0 Å². The molecule has 2 saturated heterocycles. The van der Waals surface area contributed by atoms with Gasteiger partial charge < -0.3 is 15.1 Å². The lowest BCUT2D eigenvalue weighted by molar-refractivity contribution is 0.0607. The van der Waals surface area contributed by atoms with Gasteiger partial charge in [0.1, 0.15) is 6.17 Å². The summed E-state index contributed by atoms with van der Waals surface area (Å²) in [4.78, 5) is 4.63. The Kier molecular flexibility index (Phi) is 4.55. The molecule has 0 bridgehead atoms. The molecule has 2 aliphatic heterocycles. The zero-order chi connectivity index (χ0) is 11.4. The maximum Gasteiger partial charge on any atom is 0.117 e. The van der Waals surface area contributed by atoms with Gasteiger partial charge in [0, 0.05) is 45.2 Å². The lowest BCUT2D eigenvalue weighted by Crippen LogP contribution is -2.50. The first kappa shape index (κ1) is 12.3. The molecule has 0 amide bonds. The summed E-state index contributed by atoms with van der Waals surface area (Å²) in [7, 11) is 0. The van der Waals surface area contributed by atoms with E-state index in [1.54, 1.807) is 0 Å². The molecule has 0 saturated carbocycles. The van der Waals surface area contributed by atoms with E-state index in [-0.39, 0.29) is 5.92 Å². The summed E-state index contributed by atoms with van der Waals surface area (Å²) >= 11 is 0. The van der Waals surface area contributed by atoms with Crippen LogP contribution in [-0.4, -0.2) is 68.3 Å². The first-order valence-electron chi connectivity index (χ1n) is 6.59. The third kappa shape index (κ3) is 3.15. The SMILES string of the molecule is CCN1CC[C@@H](CN2CCNCC2)[C@@H](F)C1. The van der Waals surface area contributed by atoms with Gasteiger partial charge in [-0.3, -0.25) is 0 Å². The molecule has 0 unspecified atom stereocenters. The lowest BCUT2D eigenvalue weighted by Gasteiger charge is -2.37. The molecule has 0 aromatic carbocycles. The second-order valence-electron chi connectivity index (χ2n) is 5.01. The lowest BCUT2D eigenvalue weighted by atomic mass is 9.94. The highest BCUT2D eigenvalue weighted by Crippen LogP contribution is 2.21. The van der Waals surface area contributed by atoms with E-state index < -0.39 is 6.17 Å². The minimum atomic E-state index is -0.622. The van der Waals surface area contributed by atoms with Crippen molar-refractivity contribution in [2.24, 2.45) is 5.92 Å². The number of piperazine rings is 1. The van der Waals surface area contributed by atoms with E-state index in [1.165, 1.54) is 0 Å². The van der Waals surface area contributed by atoms with Crippen LogP contribution in [-0.2, 0) is 0 Å². The fourth-order valence-corrected chi connectivity index (χ4v) is 2.73. The van der Waals surface area contributed by atoms with E-state index in [1.807, 2.05) is 0 Å². The molecule has 1 N–H and O–H groups in total. The van der Waals surface area contributed by atoms with Crippen LogP contribution >= 0.6 is 0 Å². The molecule has 2 fully saturated rings. The number of nitrogens with one attached hydrogen (secondary N) is 1. The minimum Gasteiger partial charge on any atom is -0.314 e. The van der Waals surface area contributed by atoms with E-state index in [4.69, 9.17) is 0 Å². The van der Waals surface area contributed by atoms with Gasteiger partial charge in [-0.25, -0.2) is 4.39 Å². The molecule has 2 rings (SSSR count). The van der Waals surface area contributed by atoms with E-state index >= 15 is 0 Å². The van der Waals surface area contributed by atoms with Crippen LogP contribution in [0, 0.1) is 5.92 Å². The highest BCUT2D eigenvalue weighted by atomic mass is 19.1. The Labute approximate surface area is 98.0 Å². The summed E-state index contributed by atoms with van der Waals surface area (Å²) in [6, 6.07) is 0. The molecule has 4 heteroatoms. The zero-order valence-electron chi connectivity index (χ0n) is 10.3. The molecular formula is C12H24FN3.